The number of hydrogen-bond donors (Lipinski definition) is 2. The van der Waals surface area contributed by atoms with Gasteiger partial charge in [0, 0.05) is 54.9 Å². The topological polar surface area (TPSA) is 79.3 Å². The minimum Gasteiger partial charge on any atom is -0.381 e. The lowest BCUT2D eigenvalue weighted by Gasteiger charge is -2.23. The average Bonchev–Trinajstić information content (AvgIpc) is 3.84. The van der Waals surface area contributed by atoms with E-state index in [1.807, 2.05) is 7.05 Å². The molecule has 1 saturated heterocycles. The van der Waals surface area contributed by atoms with Gasteiger partial charge in [0.05, 0.1) is 22.9 Å². The first-order valence-corrected chi connectivity index (χ1v) is 13.8. The minimum absolute atomic E-state index is 0.0231. The van der Waals surface area contributed by atoms with E-state index in [1.165, 1.54) is 31.5 Å². The van der Waals surface area contributed by atoms with Gasteiger partial charge in [0.15, 0.2) is 0 Å². The molecule has 0 unspecified atom stereocenters. The summed E-state index contributed by atoms with van der Waals surface area (Å²) in [6.07, 6.45) is 0.897. The first-order valence-electron chi connectivity index (χ1n) is 13.8. The number of halogens is 5. The molecule has 42 heavy (non-hydrogen) atoms. The predicted molar refractivity (Wildman–Crippen MR) is 145 cm³/mol. The zero-order valence-corrected chi connectivity index (χ0v) is 23.0. The van der Waals surface area contributed by atoms with Crippen molar-refractivity contribution in [3.8, 4) is 0 Å². The van der Waals surface area contributed by atoms with Crippen LogP contribution in [0.3, 0.4) is 0 Å². The van der Waals surface area contributed by atoms with Crippen molar-refractivity contribution in [1.29, 1.82) is 0 Å². The quantitative estimate of drug-likeness (QED) is 0.354. The molecular formula is C30H30F5N5O2. The van der Waals surface area contributed by atoms with Crippen LogP contribution < -0.4 is 16.2 Å². The summed E-state index contributed by atoms with van der Waals surface area (Å²) in [5, 5.41) is 5.89. The van der Waals surface area contributed by atoms with Crippen LogP contribution in [0.1, 0.15) is 52.9 Å². The lowest BCUT2D eigenvalue weighted by Crippen LogP contribution is -2.37. The first-order chi connectivity index (χ1) is 19.9. The molecule has 3 heterocycles. The highest BCUT2D eigenvalue weighted by Crippen LogP contribution is 2.49. The van der Waals surface area contributed by atoms with E-state index >= 15 is 13.2 Å². The van der Waals surface area contributed by atoms with E-state index in [4.69, 9.17) is 0 Å². The molecule has 3 fully saturated rings. The normalized spacial score (nSPS) is 23.4. The van der Waals surface area contributed by atoms with Crippen LogP contribution in [0.25, 0.3) is 0 Å². The number of anilines is 1. The Bertz CT molecular complexity index is 1560. The highest BCUT2D eigenvalue weighted by Gasteiger charge is 2.56. The number of aromatic nitrogens is 2. The second-order valence-electron chi connectivity index (χ2n) is 11.6. The maximum Gasteiger partial charge on any atom is 0.301 e. The van der Waals surface area contributed by atoms with E-state index in [-0.39, 0.29) is 35.7 Å². The molecule has 2 aliphatic carbocycles. The van der Waals surface area contributed by atoms with Gasteiger partial charge >= 0.3 is 5.92 Å². The van der Waals surface area contributed by atoms with Crippen LogP contribution in [0.4, 0.5) is 27.6 Å². The van der Waals surface area contributed by atoms with E-state index in [1.54, 1.807) is 0 Å². The monoisotopic (exact) mass is 587 g/mol. The number of nitrogens with zero attached hydrogens (tertiary/aromatic N) is 3. The molecule has 3 aliphatic rings. The number of alkyl halides is 4. The Morgan fingerprint density at radius 2 is 1.79 bits per heavy atom. The molecule has 2 N–H and O–H groups in total. The SMILES string of the molecule is C[C@@H](NC(=O)c1cn(C2(C(F)F)CC2)c(=O)cc1N[C@H]1[C@@H]2CN(C)C[C@@H]21)c1cccc(C(F)(F)c2ccncc2)c1F. The number of amides is 1. The van der Waals surface area contributed by atoms with Gasteiger partial charge < -0.3 is 20.1 Å². The van der Waals surface area contributed by atoms with Gasteiger partial charge in [-0.3, -0.25) is 14.6 Å². The van der Waals surface area contributed by atoms with Crippen LogP contribution in [0.2, 0.25) is 0 Å². The molecule has 0 radical (unpaired) electrons. The maximum atomic E-state index is 15.6. The molecule has 12 heteroatoms. The molecule has 2 saturated carbocycles. The number of pyridine rings is 2. The van der Waals surface area contributed by atoms with Gasteiger partial charge in [0.2, 0.25) is 0 Å². The number of carbonyl (C=O) groups excluding carboxylic acids is 1. The van der Waals surface area contributed by atoms with Crippen molar-refractivity contribution in [1.82, 2.24) is 19.8 Å². The van der Waals surface area contributed by atoms with Gasteiger partial charge in [0.1, 0.15) is 11.4 Å². The highest BCUT2D eigenvalue weighted by molar-refractivity contribution is 5.99. The Morgan fingerprint density at radius 1 is 1.12 bits per heavy atom. The number of piperidine rings is 1. The van der Waals surface area contributed by atoms with Crippen molar-refractivity contribution in [3.05, 3.63) is 93.4 Å². The fourth-order valence-electron chi connectivity index (χ4n) is 6.20. The molecule has 1 amide bonds. The number of rotatable bonds is 9. The zero-order valence-electron chi connectivity index (χ0n) is 23.0. The van der Waals surface area contributed by atoms with Crippen molar-refractivity contribution in [2.24, 2.45) is 11.8 Å². The van der Waals surface area contributed by atoms with Crippen LogP contribution in [0.15, 0.2) is 59.8 Å². The molecular weight excluding hydrogens is 557 g/mol. The van der Waals surface area contributed by atoms with E-state index in [0.717, 1.165) is 48.1 Å². The van der Waals surface area contributed by atoms with Gasteiger partial charge in [0.25, 0.3) is 17.9 Å². The van der Waals surface area contributed by atoms with Crippen LogP contribution in [0.5, 0.6) is 0 Å². The fourth-order valence-corrected chi connectivity index (χ4v) is 6.20. The van der Waals surface area contributed by atoms with Gasteiger partial charge in [-0.25, -0.2) is 13.2 Å². The molecule has 0 spiro atoms. The number of benzene rings is 1. The molecule has 4 atom stereocenters. The number of nitrogens with one attached hydrogen (secondary N) is 2. The van der Waals surface area contributed by atoms with Gasteiger partial charge in [-0.15, -0.1) is 0 Å². The average molecular weight is 588 g/mol. The second-order valence-corrected chi connectivity index (χ2v) is 11.6. The minimum atomic E-state index is -3.66. The van der Waals surface area contributed by atoms with Gasteiger partial charge in [-0.2, -0.15) is 8.78 Å². The van der Waals surface area contributed by atoms with Crippen molar-refractivity contribution < 1.29 is 26.7 Å². The van der Waals surface area contributed by atoms with E-state index in [2.05, 4.69) is 20.5 Å². The lowest BCUT2D eigenvalue weighted by atomic mass is 9.96. The third-order valence-corrected chi connectivity index (χ3v) is 8.87. The van der Waals surface area contributed by atoms with Crippen LogP contribution in [-0.4, -0.2) is 53.0 Å². The van der Waals surface area contributed by atoms with Gasteiger partial charge in [-0.1, -0.05) is 12.1 Å². The Balaban J connectivity index is 1.30. The van der Waals surface area contributed by atoms with Crippen LogP contribution in [-0.2, 0) is 11.5 Å². The summed E-state index contributed by atoms with van der Waals surface area (Å²) in [6.45, 7) is 3.15. The number of carbonyl (C=O) groups is 1. The summed E-state index contributed by atoms with van der Waals surface area (Å²) in [7, 11) is 2.01. The predicted octanol–water partition coefficient (Wildman–Crippen LogP) is 4.74. The van der Waals surface area contributed by atoms with Crippen molar-refractivity contribution in [3.63, 3.8) is 0 Å². The summed E-state index contributed by atoms with van der Waals surface area (Å²) < 4.78 is 74.8. The summed E-state index contributed by atoms with van der Waals surface area (Å²) in [5.41, 5.74) is -3.65. The number of hydrogen-bond acceptors (Lipinski definition) is 5. The molecule has 6 rings (SSSR count). The molecule has 0 bridgehead atoms. The van der Waals surface area contributed by atoms with Crippen LogP contribution in [0, 0.1) is 17.7 Å². The third-order valence-electron chi connectivity index (χ3n) is 8.87. The Morgan fingerprint density at radius 3 is 2.40 bits per heavy atom. The molecule has 222 valence electrons. The van der Waals surface area contributed by atoms with Crippen molar-refractivity contribution in [2.45, 2.75) is 49.7 Å². The zero-order chi connectivity index (χ0) is 30.0. The molecule has 1 aliphatic heterocycles. The highest BCUT2D eigenvalue weighted by atomic mass is 19.3. The molecule has 7 nitrogen and oxygen atoms in total. The Labute approximate surface area is 238 Å². The van der Waals surface area contributed by atoms with Crippen LogP contribution >= 0.6 is 0 Å². The lowest BCUT2D eigenvalue weighted by molar-refractivity contribution is 0.0385. The standard InChI is InChI=1S/C30H30F5N5O2/c1-16(18-4-3-5-22(25(18)31)30(34,35)17-6-10-36-11-7-17)37-27(42)21-15-40(29(8-9-29)28(32)33)24(41)12-23(21)38-26-19-13-39(2)14-20(19)26/h3-7,10-12,15-16,19-20,26,28,38H,8-9,13-14H2,1-2H3,(H,37,42)/t16-,19-,20+,26+/m1/s1. The van der Waals surface area contributed by atoms with Crippen molar-refractivity contribution in [2.75, 3.05) is 25.5 Å². The van der Waals surface area contributed by atoms with E-state index in [9.17, 15) is 18.4 Å². The third kappa shape index (κ3) is 4.75. The molecule has 1 aromatic carbocycles. The van der Waals surface area contributed by atoms with E-state index in [0.29, 0.717) is 11.8 Å². The number of likely N-dealkylation sites (tertiary alicyclic amines) is 1. The maximum absolute atomic E-state index is 15.6. The van der Waals surface area contributed by atoms with E-state index < -0.39 is 52.3 Å². The van der Waals surface area contributed by atoms with Gasteiger partial charge in [-0.05, 0) is 56.8 Å². The second kappa shape index (κ2) is 10.2. The number of fused-ring (bicyclic) bond motifs is 1. The molecule has 3 aromatic rings. The molecule has 2 aromatic heterocycles. The largest absolute Gasteiger partial charge is 0.381 e. The Kier molecular flexibility index (Phi) is 6.87. The summed E-state index contributed by atoms with van der Waals surface area (Å²) >= 11 is 0. The summed E-state index contributed by atoms with van der Waals surface area (Å²) in [6, 6.07) is 5.86. The first kappa shape index (κ1) is 28.3. The summed E-state index contributed by atoms with van der Waals surface area (Å²) in [4.78, 5) is 32.5. The Hall–Kier alpha value is -3.80. The summed E-state index contributed by atoms with van der Waals surface area (Å²) in [5.74, 6) is -4.93. The van der Waals surface area contributed by atoms with Crippen molar-refractivity contribution >= 4 is 11.6 Å². The fraction of sp³-hybridized carbons (Fsp3) is 0.433. The smallest absolute Gasteiger partial charge is 0.301 e.